The first-order valence-electron chi connectivity index (χ1n) is 4.58. The number of carboxylic acids is 1. The van der Waals surface area contributed by atoms with Crippen LogP contribution in [0.3, 0.4) is 0 Å². The number of hydrogen-bond acceptors (Lipinski definition) is 2. The summed E-state index contributed by atoms with van der Waals surface area (Å²) in [5.74, 6) is -0.608. The Hall–Kier alpha value is -1.06. The van der Waals surface area contributed by atoms with Gasteiger partial charge >= 0.3 is 5.97 Å². The lowest BCUT2D eigenvalue weighted by Crippen LogP contribution is -2.43. The minimum atomic E-state index is -0.842. The first-order chi connectivity index (χ1) is 6.09. The Kier molecular flexibility index (Phi) is 3.28. The Morgan fingerprint density at radius 2 is 2.15 bits per heavy atom. The van der Waals surface area contributed by atoms with Gasteiger partial charge in [0.1, 0.15) is 0 Å². The van der Waals surface area contributed by atoms with E-state index in [4.69, 9.17) is 5.11 Å². The molecule has 2 N–H and O–H groups in total. The van der Waals surface area contributed by atoms with Crippen LogP contribution in [0.5, 0.6) is 0 Å². The van der Waals surface area contributed by atoms with Gasteiger partial charge in [-0.05, 0) is 18.8 Å². The molecule has 0 bridgehead atoms. The fourth-order valence-corrected chi connectivity index (χ4v) is 1.63. The molecule has 0 radical (unpaired) electrons. The van der Waals surface area contributed by atoms with Crippen molar-refractivity contribution in [1.82, 2.24) is 5.32 Å². The Morgan fingerprint density at radius 1 is 1.54 bits per heavy atom. The predicted molar refractivity (Wildman–Crippen MR) is 47.2 cm³/mol. The molecular formula is C9H15NO3. The maximum absolute atomic E-state index is 10.8. The first-order valence-corrected chi connectivity index (χ1v) is 4.58. The van der Waals surface area contributed by atoms with Gasteiger partial charge in [0.25, 0.3) is 0 Å². The zero-order chi connectivity index (χ0) is 9.84. The molecule has 13 heavy (non-hydrogen) atoms. The Balaban J connectivity index is 2.42. The highest BCUT2D eigenvalue weighted by Crippen LogP contribution is 2.30. The number of rotatable bonds is 4. The van der Waals surface area contributed by atoms with Crippen LogP contribution in [0.1, 0.15) is 32.6 Å². The maximum Gasteiger partial charge on any atom is 0.305 e. The first kappa shape index (κ1) is 10.0. The van der Waals surface area contributed by atoms with Crippen molar-refractivity contribution < 1.29 is 14.7 Å². The molecule has 1 rings (SSSR count). The van der Waals surface area contributed by atoms with Gasteiger partial charge in [-0.2, -0.15) is 0 Å². The lowest BCUT2D eigenvalue weighted by molar-refractivity contribution is -0.138. The van der Waals surface area contributed by atoms with Gasteiger partial charge in [-0.25, -0.2) is 0 Å². The minimum Gasteiger partial charge on any atom is -0.481 e. The van der Waals surface area contributed by atoms with Crippen LogP contribution in [0.15, 0.2) is 0 Å². The van der Waals surface area contributed by atoms with Gasteiger partial charge in [0, 0.05) is 13.0 Å². The minimum absolute atomic E-state index is 0.0459. The molecule has 1 saturated carbocycles. The standard InChI is InChI=1S/C9H15NO3/c1-6(11)10-8(5-9(12)13)7-3-2-4-7/h7-8H,2-5H2,1H3,(H,10,11)(H,12,13)/t8-/m1/s1. The predicted octanol–water partition coefficient (Wildman–Crippen LogP) is 0.766. The zero-order valence-corrected chi connectivity index (χ0v) is 7.75. The average Bonchev–Trinajstić information content (AvgIpc) is 1.78. The van der Waals surface area contributed by atoms with Gasteiger partial charge < -0.3 is 10.4 Å². The van der Waals surface area contributed by atoms with E-state index in [2.05, 4.69) is 5.32 Å². The molecule has 0 aromatic rings. The molecule has 1 aliphatic rings. The molecule has 0 saturated heterocycles. The summed E-state index contributed by atoms with van der Waals surface area (Å²) in [6, 6.07) is -0.163. The van der Waals surface area contributed by atoms with Crippen molar-refractivity contribution in [3.05, 3.63) is 0 Å². The van der Waals surface area contributed by atoms with Crippen LogP contribution >= 0.6 is 0 Å². The van der Waals surface area contributed by atoms with E-state index in [9.17, 15) is 9.59 Å². The summed E-state index contributed by atoms with van der Waals surface area (Å²) in [5.41, 5.74) is 0. The summed E-state index contributed by atoms with van der Waals surface area (Å²) < 4.78 is 0. The monoisotopic (exact) mass is 185 g/mol. The van der Waals surface area contributed by atoms with Crippen LogP contribution in [-0.4, -0.2) is 23.0 Å². The topological polar surface area (TPSA) is 66.4 Å². The number of carbonyl (C=O) groups is 2. The SMILES string of the molecule is CC(=O)N[C@H](CC(=O)O)C1CCC1. The van der Waals surface area contributed by atoms with Gasteiger partial charge in [-0.1, -0.05) is 6.42 Å². The molecule has 1 aliphatic carbocycles. The summed E-state index contributed by atoms with van der Waals surface area (Å²) >= 11 is 0. The van der Waals surface area contributed by atoms with Gasteiger partial charge in [-0.15, -0.1) is 0 Å². The molecule has 0 aliphatic heterocycles. The van der Waals surface area contributed by atoms with E-state index in [-0.39, 0.29) is 18.4 Å². The van der Waals surface area contributed by atoms with E-state index in [1.165, 1.54) is 6.92 Å². The molecule has 1 atom stereocenters. The highest BCUT2D eigenvalue weighted by molar-refractivity contribution is 5.75. The molecule has 0 aromatic heterocycles. The second-order valence-corrected chi connectivity index (χ2v) is 3.60. The quantitative estimate of drug-likeness (QED) is 0.679. The molecular weight excluding hydrogens is 170 g/mol. The van der Waals surface area contributed by atoms with Crippen molar-refractivity contribution in [3.63, 3.8) is 0 Å². The molecule has 1 fully saturated rings. The van der Waals surface area contributed by atoms with Crippen molar-refractivity contribution >= 4 is 11.9 Å². The zero-order valence-electron chi connectivity index (χ0n) is 7.75. The highest BCUT2D eigenvalue weighted by atomic mass is 16.4. The summed E-state index contributed by atoms with van der Waals surface area (Å²) in [5, 5.41) is 11.3. The normalized spacial score (nSPS) is 18.8. The summed E-state index contributed by atoms with van der Waals surface area (Å²) in [6.07, 6.45) is 3.28. The smallest absolute Gasteiger partial charge is 0.305 e. The molecule has 0 heterocycles. The Labute approximate surface area is 77.3 Å². The fourth-order valence-electron chi connectivity index (χ4n) is 1.63. The van der Waals surface area contributed by atoms with Crippen LogP contribution in [0.2, 0.25) is 0 Å². The van der Waals surface area contributed by atoms with E-state index in [0.29, 0.717) is 5.92 Å². The van der Waals surface area contributed by atoms with Crippen molar-refractivity contribution in [2.24, 2.45) is 5.92 Å². The van der Waals surface area contributed by atoms with Crippen LogP contribution < -0.4 is 5.32 Å². The van der Waals surface area contributed by atoms with Crippen LogP contribution in [0.25, 0.3) is 0 Å². The third-order valence-corrected chi connectivity index (χ3v) is 2.50. The lowest BCUT2D eigenvalue weighted by Gasteiger charge is -2.33. The van der Waals surface area contributed by atoms with Gasteiger partial charge in [-0.3, -0.25) is 9.59 Å². The van der Waals surface area contributed by atoms with E-state index in [1.54, 1.807) is 0 Å². The third kappa shape index (κ3) is 3.05. The van der Waals surface area contributed by atoms with Crippen molar-refractivity contribution in [2.75, 3.05) is 0 Å². The summed E-state index contributed by atoms with van der Waals surface area (Å²) in [6.45, 7) is 1.42. The largest absolute Gasteiger partial charge is 0.481 e. The van der Waals surface area contributed by atoms with Crippen molar-refractivity contribution in [2.45, 2.75) is 38.6 Å². The van der Waals surface area contributed by atoms with Gasteiger partial charge in [0.2, 0.25) is 5.91 Å². The van der Waals surface area contributed by atoms with E-state index >= 15 is 0 Å². The number of hydrogen-bond donors (Lipinski definition) is 2. The number of carbonyl (C=O) groups excluding carboxylic acids is 1. The second-order valence-electron chi connectivity index (χ2n) is 3.60. The summed E-state index contributed by atoms with van der Waals surface area (Å²) in [7, 11) is 0. The van der Waals surface area contributed by atoms with Crippen LogP contribution in [-0.2, 0) is 9.59 Å². The lowest BCUT2D eigenvalue weighted by atomic mass is 9.78. The molecule has 0 unspecified atom stereocenters. The number of carboxylic acid groups (broad SMARTS) is 1. The molecule has 4 heteroatoms. The van der Waals surface area contributed by atoms with E-state index in [1.807, 2.05) is 0 Å². The Bertz CT molecular complexity index is 195. The van der Waals surface area contributed by atoms with Gasteiger partial charge in [0.15, 0.2) is 0 Å². The third-order valence-electron chi connectivity index (χ3n) is 2.50. The van der Waals surface area contributed by atoms with Crippen molar-refractivity contribution in [3.8, 4) is 0 Å². The fraction of sp³-hybridized carbons (Fsp3) is 0.778. The van der Waals surface area contributed by atoms with E-state index < -0.39 is 5.97 Å². The summed E-state index contributed by atoms with van der Waals surface area (Å²) in [4.78, 5) is 21.3. The number of amides is 1. The number of aliphatic carboxylic acids is 1. The molecule has 4 nitrogen and oxygen atoms in total. The number of nitrogens with one attached hydrogen (secondary N) is 1. The van der Waals surface area contributed by atoms with Crippen molar-refractivity contribution in [1.29, 1.82) is 0 Å². The highest BCUT2D eigenvalue weighted by Gasteiger charge is 2.29. The van der Waals surface area contributed by atoms with Crippen LogP contribution in [0.4, 0.5) is 0 Å². The maximum atomic E-state index is 10.8. The molecule has 0 spiro atoms. The second kappa shape index (κ2) is 4.25. The molecule has 0 aromatic carbocycles. The molecule has 1 amide bonds. The average molecular weight is 185 g/mol. The van der Waals surface area contributed by atoms with Gasteiger partial charge in [0.05, 0.1) is 6.42 Å². The van der Waals surface area contributed by atoms with Crippen LogP contribution in [0, 0.1) is 5.92 Å². The van der Waals surface area contributed by atoms with E-state index in [0.717, 1.165) is 19.3 Å². The Morgan fingerprint density at radius 3 is 2.46 bits per heavy atom. The molecule has 74 valence electrons.